The molecule has 0 bridgehead atoms. The largest absolute Gasteiger partial charge is 0.388 e. The van der Waals surface area contributed by atoms with Crippen LogP contribution < -0.4 is 5.32 Å². The first-order valence-corrected chi connectivity index (χ1v) is 8.79. The van der Waals surface area contributed by atoms with Crippen LogP contribution in [0.2, 0.25) is 0 Å². The van der Waals surface area contributed by atoms with Gasteiger partial charge in [-0.05, 0) is 32.6 Å². The maximum absolute atomic E-state index is 12.3. The Morgan fingerprint density at radius 2 is 2.32 bits per heavy atom. The molecule has 6 heteroatoms. The minimum atomic E-state index is -0.858. The van der Waals surface area contributed by atoms with E-state index in [-0.39, 0.29) is 12.1 Å². The van der Waals surface area contributed by atoms with E-state index in [1.165, 1.54) is 0 Å². The molecule has 0 spiro atoms. The van der Waals surface area contributed by atoms with Crippen LogP contribution >= 0.6 is 11.3 Å². The third-order valence-corrected chi connectivity index (χ3v) is 4.95. The number of hydrogen-bond donors (Lipinski definition) is 2. The maximum atomic E-state index is 12.3. The number of urea groups is 1. The summed E-state index contributed by atoms with van der Waals surface area (Å²) in [7, 11) is 0. The first kappa shape index (κ1) is 17.2. The number of thiazole rings is 1. The first-order valence-electron chi connectivity index (χ1n) is 7.98. The van der Waals surface area contributed by atoms with Gasteiger partial charge in [0.25, 0.3) is 0 Å². The van der Waals surface area contributed by atoms with Crippen LogP contribution in [0, 0.1) is 5.92 Å². The number of nitrogens with zero attached hydrogens (tertiary/aromatic N) is 2. The van der Waals surface area contributed by atoms with E-state index in [2.05, 4.69) is 24.1 Å². The van der Waals surface area contributed by atoms with Crippen LogP contribution in [-0.2, 0) is 13.0 Å². The lowest BCUT2D eigenvalue weighted by molar-refractivity contribution is 0.00979. The molecule has 1 aromatic heterocycles. The highest BCUT2D eigenvalue weighted by atomic mass is 32.1. The van der Waals surface area contributed by atoms with Crippen molar-refractivity contribution in [1.82, 2.24) is 15.2 Å². The molecule has 2 N–H and O–H groups in total. The number of carbonyl (C=O) groups is 1. The summed E-state index contributed by atoms with van der Waals surface area (Å²) in [5, 5.41) is 14.3. The Morgan fingerprint density at radius 1 is 1.59 bits per heavy atom. The second kappa shape index (κ2) is 6.96. The van der Waals surface area contributed by atoms with E-state index in [9.17, 15) is 9.90 Å². The van der Waals surface area contributed by atoms with Gasteiger partial charge >= 0.3 is 6.03 Å². The molecule has 0 aliphatic carbocycles. The number of carbonyl (C=O) groups excluding carboxylic acids is 1. The van der Waals surface area contributed by atoms with Gasteiger partial charge in [-0.15, -0.1) is 11.3 Å². The number of amides is 2. The van der Waals surface area contributed by atoms with Crippen molar-refractivity contribution >= 4 is 17.4 Å². The molecule has 0 aromatic carbocycles. The lowest BCUT2D eigenvalue weighted by atomic mass is 9.97. The van der Waals surface area contributed by atoms with E-state index in [0.717, 1.165) is 29.1 Å². The van der Waals surface area contributed by atoms with Gasteiger partial charge in [-0.1, -0.05) is 13.8 Å². The molecule has 2 rings (SSSR count). The summed E-state index contributed by atoms with van der Waals surface area (Å²) in [4.78, 5) is 19.6. The maximum Gasteiger partial charge on any atom is 0.318 e. The Hall–Kier alpha value is -1.14. The van der Waals surface area contributed by atoms with Gasteiger partial charge in [0.2, 0.25) is 0 Å². The van der Waals surface area contributed by atoms with Crippen molar-refractivity contribution in [2.75, 3.05) is 6.54 Å². The zero-order valence-corrected chi connectivity index (χ0v) is 14.7. The van der Waals surface area contributed by atoms with Crippen LogP contribution in [0.15, 0.2) is 6.20 Å². The zero-order valence-electron chi connectivity index (χ0n) is 13.9. The number of hydrogen-bond acceptors (Lipinski definition) is 4. The van der Waals surface area contributed by atoms with Gasteiger partial charge < -0.3 is 15.3 Å². The van der Waals surface area contributed by atoms with Crippen LogP contribution in [0.1, 0.15) is 50.4 Å². The Bertz CT molecular complexity index is 508. The van der Waals surface area contributed by atoms with Gasteiger partial charge in [0.05, 0.1) is 23.2 Å². The smallest absolute Gasteiger partial charge is 0.318 e. The standard InChI is InChI=1S/C16H27N3O2S/c1-11(2)8-14-17-9-12(22-14)10-18-15(20)19-7-5-6-13(19)16(3,4)21/h9,11,13,21H,5-8,10H2,1-4H3,(H,18,20)/t13-/m0/s1. The van der Waals surface area contributed by atoms with E-state index in [1.54, 1.807) is 30.1 Å². The van der Waals surface area contributed by atoms with Crippen LogP contribution in [0.3, 0.4) is 0 Å². The van der Waals surface area contributed by atoms with Crippen LogP contribution in [0.5, 0.6) is 0 Å². The number of aromatic nitrogens is 1. The van der Waals surface area contributed by atoms with Gasteiger partial charge in [0, 0.05) is 24.0 Å². The highest BCUT2D eigenvalue weighted by molar-refractivity contribution is 7.11. The molecule has 0 unspecified atom stereocenters. The molecule has 1 saturated heterocycles. The molecule has 2 amide bonds. The van der Waals surface area contributed by atoms with E-state index in [4.69, 9.17) is 0 Å². The minimum Gasteiger partial charge on any atom is -0.388 e. The van der Waals surface area contributed by atoms with Crippen molar-refractivity contribution in [3.8, 4) is 0 Å². The molecule has 1 fully saturated rings. The summed E-state index contributed by atoms with van der Waals surface area (Å²) in [6.07, 6.45) is 4.63. The highest BCUT2D eigenvalue weighted by Gasteiger charge is 2.38. The molecule has 0 saturated carbocycles. The predicted molar refractivity (Wildman–Crippen MR) is 88.9 cm³/mol. The van der Waals surface area contributed by atoms with E-state index >= 15 is 0 Å². The molecular formula is C16H27N3O2S. The molecule has 22 heavy (non-hydrogen) atoms. The molecule has 1 aliphatic rings. The van der Waals surface area contributed by atoms with E-state index < -0.39 is 5.60 Å². The van der Waals surface area contributed by atoms with Crippen molar-refractivity contribution in [3.05, 3.63) is 16.1 Å². The molecule has 2 heterocycles. The van der Waals surface area contributed by atoms with Crippen molar-refractivity contribution in [1.29, 1.82) is 0 Å². The average molecular weight is 325 g/mol. The lowest BCUT2D eigenvalue weighted by Crippen LogP contribution is -2.51. The van der Waals surface area contributed by atoms with E-state index in [1.807, 2.05) is 6.20 Å². The molecular weight excluding hydrogens is 298 g/mol. The lowest BCUT2D eigenvalue weighted by Gasteiger charge is -2.33. The minimum absolute atomic E-state index is 0.0940. The first-order chi connectivity index (χ1) is 10.3. The molecule has 1 aromatic rings. The molecule has 5 nitrogen and oxygen atoms in total. The summed E-state index contributed by atoms with van der Waals surface area (Å²) in [5.41, 5.74) is -0.858. The highest BCUT2D eigenvalue weighted by Crippen LogP contribution is 2.26. The van der Waals surface area contributed by atoms with Crippen molar-refractivity contribution in [2.24, 2.45) is 5.92 Å². The molecule has 0 radical (unpaired) electrons. The Kier molecular flexibility index (Phi) is 5.45. The van der Waals surface area contributed by atoms with Gasteiger partial charge in [0.15, 0.2) is 0 Å². The van der Waals surface area contributed by atoms with Gasteiger partial charge in [-0.25, -0.2) is 9.78 Å². The van der Waals surface area contributed by atoms with Crippen molar-refractivity contribution in [2.45, 2.75) is 65.1 Å². The number of likely N-dealkylation sites (tertiary alicyclic amines) is 1. The second-order valence-electron chi connectivity index (χ2n) is 6.98. The fourth-order valence-corrected chi connectivity index (χ4v) is 3.96. The number of aliphatic hydroxyl groups is 1. The molecule has 1 aliphatic heterocycles. The van der Waals surface area contributed by atoms with Gasteiger partial charge in [-0.3, -0.25) is 0 Å². The van der Waals surface area contributed by atoms with Crippen molar-refractivity contribution in [3.63, 3.8) is 0 Å². The Morgan fingerprint density at radius 3 is 2.95 bits per heavy atom. The summed E-state index contributed by atoms with van der Waals surface area (Å²) in [6.45, 7) is 9.10. The summed E-state index contributed by atoms with van der Waals surface area (Å²) in [5.74, 6) is 0.589. The Labute approximate surface area is 136 Å². The monoisotopic (exact) mass is 325 g/mol. The zero-order chi connectivity index (χ0) is 16.3. The van der Waals surface area contributed by atoms with Crippen LogP contribution in [0.25, 0.3) is 0 Å². The normalized spacial score (nSPS) is 19.0. The third-order valence-electron chi connectivity index (χ3n) is 3.93. The number of nitrogens with one attached hydrogen (secondary N) is 1. The van der Waals surface area contributed by atoms with Gasteiger partial charge in [0.1, 0.15) is 0 Å². The Balaban J connectivity index is 1.88. The SMILES string of the molecule is CC(C)Cc1ncc(CNC(=O)N2CCC[C@H]2C(C)(C)O)s1. The average Bonchev–Trinajstić information content (AvgIpc) is 3.02. The summed E-state index contributed by atoms with van der Waals surface area (Å²) >= 11 is 1.66. The van der Waals surface area contributed by atoms with E-state index in [0.29, 0.717) is 19.0 Å². The summed E-state index contributed by atoms with van der Waals surface area (Å²) < 4.78 is 0. The quantitative estimate of drug-likeness (QED) is 0.875. The topological polar surface area (TPSA) is 65.5 Å². The molecule has 124 valence electrons. The fraction of sp³-hybridized carbons (Fsp3) is 0.750. The fourth-order valence-electron chi connectivity index (χ4n) is 2.88. The van der Waals surface area contributed by atoms with Crippen LogP contribution in [0.4, 0.5) is 4.79 Å². The number of rotatable bonds is 5. The van der Waals surface area contributed by atoms with Gasteiger partial charge in [-0.2, -0.15) is 0 Å². The third kappa shape index (κ3) is 4.43. The molecule has 1 atom stereocenters. The van der Waals surface area contributed by atoms with Crippen LogP contribution in [-0.4, -0.2) is 39.2 Å². The predicted octanol–water partition coefficient (Wildman–Crippen LogP) is 2.79. The second-order valence-corrected chi connectivity index (χ2v) is 8.18. The van der Waals surface area contributed by atoms with Crippen molar-refractivity contribution < 1.29 is 9.90 Å². The summed E-state index contributed by atoms with van der Waals surface area (Å²) in [6, 6.07) is -0.200.